The van der Waals surface area contributed by atoms with Gasteiger partial charge in [0, 0.05) is 17.6 Å². The van der Waals surface area contributed by atoms with Crippen molar-refractivity contribution in [2.24, 2.45) is 0 Å². The molecular weight excluding hydrogens is 392 g/mol. The normalized spacial score (nSPS) is 10.9. The molecule has 0 heterocycles. The number of halogens is 3. The Morgan fingerprint density at radius 1 is 1.11 bits per heavy atom. The smallest absolute Gasteiger partial charge is 0.387 e. The van der Waals surface area contributed by atoms with E-state index in [1.54, 1.807) is 36.4 Å². The fraction of sp³-hybridized carbons (Fsp3) is 0.200. The van der Waals surface area contributed by atoms with Crippen molar-refractivity contribution < 1.29 is 27.8 Å². The zero-order valence-corrected chi connectivity index (χ0v) is 15.5. The van der Waals surface area contributed by atoms with E-state index in [2.05, 4.69) is 10.1 Å². The number of carbonyl (C=O) groups is 2. The van der Waals surface area contributed by atoms with Crippen LogP contribution in [0.2, 0.25) is 5.02 Å². The number of ether oxygens (including phenoxy) is 2. The molecule has 0 spiro atoms. The average Bonchev–Trinajstić information content (AvgIpc) is 2.66. The Morgan fingerprint density at radius 3 is 2.50 bits per heavy atom. The van der Waals surface area contributed by atoms with Gasteiger partial charge < -0.3 is 14.8 Å². The molecule has 8 heteroatoms. The number of alkyl halides is 2. The lowest BCUT2D eigenvalue weighted by molar-refractivity contribution is -0.143. The predicted octanol–water partition coefficient (Wildman–Crippen LogP) is 3.86. The molecular formula is C20H18ClF2NO4. The summed E-state index contributed by atoms with van der Waals surface area (Å²) in [5.41, 5.74) is 1.50. The minimum Gasteiger partial charge on any atom is -0.452 e. The quantitative estimate of drug-likeness (QED) is 0.504. The van der Waals surface area contributed by atoms with E-state index in [1.165, 1.54) is 24.3 Å². The van der Waals surface area contributed by atoms with Crippen molar-refractivity contribution in [3.63, 3.8) is 0 Å². The lowest BCUT2D eigenvalue weighted by Crippen LogP contribution is -2.30. The van der Waals surface area contributed by atoms with Crippen LogP contribution in [0.3, 0.4) is 0 Å². The summed E-state index contributed by atoms with van der Waals surface area (Å²) in [5.74, 6) is -1.04. The molecule has 0 aliphatic rings. The molecule has 2 rings (SSSR count). The predicted molar refractivity (Wildman–Crippen MR) is 101 cm³/mol. The van der Waals surface area contributed by atoms with E-state index < -0.39 is 25.1 Å². The number of esters is 1. The summed E-state index contributed by atoms with van der Waals surface area (Å²) in [5, 5.41) is 3.10. The van der Waals surface area contributed by atoms with E-state index in [9.17, 15) is 18.4 Å². The second kappa shape index (κ2) is 11.0. The van der Waals surface area contributed by atoms with Crippen molar-refractivity contribution in [3.8, 4) is 5.75 Å². The third-order valence-electron chi connectivity index (χ3n) is 3.53. The van der Waals surface area contributed by atoms with Crippen LogP contribution in [0.15, 0.2) is 54.6 Å². The van der Waals surface area contributed by atoms with Gasteiger partial charge in [-0.1, -0.05) is 41.9 Å². The third-order valence-corrected chi connectivity index (χ3v) is 3.88. The highest BCUT2D eigenvalue weighted by molar-refractivity contribution is 6.32. The summed E-state index contributed by atoms with van der Waals surface area (Å²) in [6.45, 7) is -2.97. The summed E-state index contributed by atoms with van der Waals surface area (Å²) in [6, 6.07) is 13.1. The van der Waals surface area contributed by atoms with Gasteiger partial charge >= 0.3 is 12.6 Å². The van der Waals surface area contributed by atoms with E-state index in [-0.39, 0.29) is 5.75 Å². The minimum atomic E-state index is -2.87. The monoisotopic (exact) mass is 409 g/mol. The van der Waals surface area contributed by atoms with Crippen LogP contribution in [0.5, 0.6) is 5.75 Å². The first-order chi connectivity index (χ1) is 13.4. The molecule has 2 aromatic carbocycles. The summed E-state index contributed by atoms with van der Waals surface area (Å²) in [4.78, 5) is 23.3. The SMILES string of the molecule is O=C(COC(=O)/C=C/c1ccccc1Cl)NCCc1ccc(OC(F)F)cc1. The summed E-state index contributed by atoms with van der Waals surface area (Å²) in [7, 11) is 0. The summed E-state index contributed by atoms with van der Waals surface area (Å²) in [6.07, 6.45) is 3.18. The number of carbonyl (C=O) groups excluding carboxylic acids is 2. The maximum Gasteiger partial charge on any atom is 0.387 e. The number of hydrogen-bond donors (Lipinski definition) is 1. The van der Waals surface area contributed by atoms with Crippen LogP contribution in [0.25, 0.3) is 6.08 Å². The molecule has 0 aliphatic carbocycles. The van der Waals surface area contributed by atoms with Crippen LogP contribution in [-0.2, 0) is 20.7 Å². The van der Waals surface area contributed by atoms with Crippen LogP contribution in [0.4, 0.5) is 8.78 Å². The molecule has 28 heavy (non-hydrogen) atoms. The Balaban J connectivity index is 1.67. The van der Waals surface area contributed by atoms with Gasteiger partial charge in [0.25, 0.3) is 5.91 Å². The molecule has 5 nitrogen and oxygen atoms in total. The van der Waals surface area contributed by atoms with Gasteiger partial charge in [0.1, 0.15) is 5.75 Å². The van der Waals surface area contributed by atoms with Crippen molar-refractivity contribution in [2.45, 2.75) is 13.0 Å². The van der Waals surface area contributed by atoms with Crippen LogP contribution >= 0.6 is 11.6 Å². The van der Waals surface area contributed by atoms with Crippen molar-refractivity contribution >= 4 is 29.6 Å². The molecule has 2 aromatic rings. The molecule has 0 aliphatic heterocycles. The molecule has 0 atom stereocenters. The first-order valence-corrected chi connectivity index (χ1v) is 8.71. The second-order valence-corrected chi connectivity index (χ2v) is 5.99. The number of amides is 1. The van der Waals surface area contributed by atoms with Gasteiger partial charge in [0.05, 0.1) is 0 Å². The van der Waals surface area contributed by atoms with Crippen molar-refractivity contribution in [2.75, 3.05) is 13.2 Å². The molecule has 0 fully saturated rings. The van der Waals surface area contributed by atoms with Gasteiger partial charge in [-0.2, -0.15) is 8.78 Å². The molecule has 0 aromatic heterocycles. The van der Waals surface area contributed by atoms with Crippen LogP contribution < -0.4 is 10.1 Å². The van der Waals surface area contributed by atoms with Gasteiger partial charge in [-0.05, 0) is 41.8 Å². The van der Waals surface area contributed by atoms with E-state index in [1.807, 2.05) is 0 Å². The fourth-order valence-corrected chi connectivity index (χ4v) is 2.39. The maximum absolute atomic E-state index is 12.1. The minimum absolute atomic E-state index is 0.0690. The molecule has 0 saturated carbocycles. The highest BCUT2D eigenvalue weighted by Gasteiger charge is 2.06. The van der Waals surface area contributed by atoms with E-state index in [0.717, 1.165) is 5.56 Å². The standard InChI is InChI=1S/C20H18ClF2NO4/c21-17-4-2-1-3-15(17)7-10-19(26)27-13-18(25)24-12-11-14-5-8-16(9-6-14)28-20(22)23/h1-10,20H,11-13H2,(H,24,25)/b10-7+. The van der Waals surface area contributed by atoms with E-state index in [4.69, 9.17) is 16.3 Å². The Bertz CT molecular complexity index is 825. The summed E-state index contributed by atoms with van der Waals surface area (Å²) >= 11 is 5.97. The molecule has 148 valence electrons. The van der Waals surface area contributed by atoms with Gasteiger partial charge in [0.2, 0.25) is 0 Å². The Kier molecular flexibility index (Phi) is 8.42. The summed E-state index contributed by atoms with van der Waals surface area (Å²) < 4.78 is 33.3. The number of hydrogen-bond acceptors (Lipinski definition) is 4. The Morgan fingerprint density at radius 2 is 1.82 bits per heavy atom. The van der Waals surface area contributed by atoms with Crippen LogP contribution in [0, 0.1) is 0 Å². The molecule has 1 N–H and O–H groups in total. The van der Waals surface area contributed by atoms with Crippen LogP contribution in [-0.4, -0.2) is 31.6 Å². The van der Waals surface area contributed by atoms with Gasteiger partial charge in [-0.15, -0.1) is 0 Å². The molecule has 0 radical (unpaired) electrons. The highest BCUT2D eigenvalue weighted by Crippen LogP contribution is 2.16. The van der Waals surface area contributed by atoms with Crippen molar-refractivity contribution in [1.29, 1.82) is 0 Å². The zero-order valence-electron chi connectivity index (χ0n) is 14.7. The maximum atomic E-state index is 12.1. The highest BCUT2D eigenvalue weighted by atomic mass is 35.5. The number of rotatable bonds is 9. The molecule has 1 amide bonds. The van der Waals surface area contributed by atoms with Crippen LogP contribution in [0.1, 0.15) is 11.1 Å². The van der Waals surface area contributed by atoms with Gasteiger partial charge in [-0.25, -0.2) is 4.79 Å². The fourth-order valence-electron chi connectivity index (χ4n) is 2.19. The van der Waals surface area contributed by atoms with Crippen molar-refractivity contribution in [3.05, 3.63) is 70.8 Å². The first-order valence-electron chi connectivity index (χ1n) is 8.34. The molecule has 0 saturated heterocycles. The lowest BCUT2D eigenvalue weighted by atomic mass is 10.1. The largest absolute Gasteiger partial charge is 0.452 e. The number of benzene rings is 2. The third kappa shape index (κ3) is 7.75. The second-order valence-electron chi connectivity index (χ2n) is 5.58. The topological polar surface area (TPSA) is 64.6 Å². The van der Waals surface area contributed by atoms with E-state index in [0.29, 0.717) is 23.6 Å². The lowest BCUT2D eigenvalue weighted by Gasteiger charge is -2.07. The van der Waals surface area contributed by atoms with Gasteiger partial charge in [-0.3, -0.25) is 4.79 Å². The average molecular weight is 410 g/mol. The number of nitrogens with one attached hydrogen (secondary N) is 1. The Labute approximate surface area is 165 Å². The Hall–Kier alpha value is -2.93. The van der Waals surface area contributed by atoms with Crippen molar-refractivity contribution in [1.82, 2.24) is 5.32 Å². The van der Waals surface area contributed by atoms with Gasteiger partial charge in [0.15, 0.2) is 6.61 Å². The first kappa shape index (κ1) is 21.4. The van der Waals surface area contributed by atoms with E-state index >= 15 is 0 Å². The zero-order chi connectivity index (χ0) is 20.4. The molecule has 0 bridgehead atoms. The molecule has 0 unspecified atom stereocenters.